The highest BCUT2D eigenvalue weighted by Crippen LogP contribution is 2.24. The SMILES string of the molecule is CC(C)CCNC(=O)c1ccc([N+](=O)[O-])c(Cl)c1. The van der Waals surface area contributed by atoms with Gasteiger partial charge in [0.25, 0.3) is 11.6 Å². The summed E-state index contributed by atoms with van der Waals surface area (Å²) >= 11 is 5.73. The van der Waals surface area contributed by atoms with Crippen molar-refractivity contribution in [3.05, 3.63) is 38.9 Å². The van der Waals surface area contributed by atoms with Gasteiger partial charge in [-0.05, 0) is 24.5 Å². The molecule has 0 aliphatic carbocycles. The number of amides is 1. The number of carbonyl (C=O) groups is 1. The van der Waals surface area contributed by atoms with Gasteiger partial charge in [-0.1, -0.05) is 25.4 Å². The van der Waals surface area contributed by atoms with Crippen LogP contribution in [0, 0.1) is 16.0 Å². The molecule has 1 aromatic rings. The lowest BCUT2D eigenvalue weighted by Crippen LogP contribution is -2.25. The molecule has 0 saturated heterocycles. The van der Waals surface area contributed by atoms with Gasteiger partial charge in [-0.25, -0.2) is 0 Å². The van der Waals surface area contributed by atoms with Crippen LogP contribution in [0.1, 0.15) is 30.6 Å². The third kappa shape index (κ3) is 4.00. The van der Waals surface area contributed by atoms with Gasteiger partial charge in [-0.2, -0.15) is 0 Å². The summed E-state index contributed by atoms with van der Waals surface area (Å²) in [5.74, 6) is 0.234. The Morgan fingerprint density at radius 3 is 2.67 bits per heavy atom. The van der Waals surface area contributed by atoms with Crippen LogP contribution in [0.3, 0.4) is 0 Å². The number of benzene rings is 1. The third-order valence-electron chi connectivity index (χ3n) is 2.41. The first-order valence-corrected chi connectivity index (χ1v) is 6.01. The van der Waals surface area contributed by atoms with E-state index in [-0.39, 0.29) is 16.6 Å². The molecule has 0 bridgehead atoms. The molecule has 0 unspecified atom stereocenters. The molecule has 0 atom stereocenters. The van der Waals surface area contributed by atoms with Crippen LogP contribution in [0.15, 0.2) is 18.2 Å². The molecule has 0 aliphatic rings. The van der Waals surface area contributed by atoms with Gasteiger partial charge in [0.15, 0.2) is 0 Å². The lowest BCUT2D eigenvalue weighted by atomic mass is 10.1. The molecule has 0 spiro atoms. The zero-order valence-electron chi connectivity index (χ0n) is 10.3. The van der Waals surface area contributed by atoms with Crippen molar-refractivity contribution in [2.75, 3.05) is 6.54 Å². The summed E-state index contributed by atoms with van der Waals surface area (Å²) in [6, 6.07) is 3.94. The summed E-state index contributed by atoms with van der Waals surface area (Å²) in [5.41, 5.74) is 0.129. The van der Waals surface area contributed by atoms with E-state index in [0.29, 0.717) is 18.0 Å². The quantitative estimate of drug-likeness (QED) is 0.660. The number of nitro benzene ring substituents is 1. The Morgan fingerprint density at radius 1 is 1.50 bits per heavy atom. The number of nitrogens with zero attached hydrogens (tertiary/aromatic N) is 1. The van der Waals surface area contributed by atoms with E-state index in [0.717, 1.165) is 6.42 Å². The minimum absolute atomic E-state index is 0.0310. The smallest absolute Gasteiger partial charge is 0.287 e. The van der Waals surface area contributed by atoms with Crippen molar-refractivity contribution in [2.24, 2.45) is 5.92 Å². The molecule has 0 aromatic heterocycles. The molecule has 1 aromatic carbocycles. The average Bonchev–Trinajstić information content (AvgIpc) is 2.27. The zero-order chi connectivity index (χ0) is 13.7. The van der Waals surface area contributed by atoms with Gasteiger partial charge in [-0.15, -0.1) is 0 Å². The topological polar surface area (TPSA) is 72.2 Å². The second kappa shape index (κ2) is 6.35. The Hall–Kier alpha value is -1.62. The lowest BCUT2D eigenvalue weighted by molar-refractivity contribution is -0.384. The number of rotatable bonds is 5. The molecule has 1 amide bonds. The van der Waals surface area contributed by atoms with Crippen molar-refractivity contribution in [2.45, 2.75) is 20.3 Å². The van der Waals surface area contributed by atoms with Crippen LogP contribution in [-0.2, 0) is 0 Å². The highest BCUT2D eigenvalue weighted by atomic mass is 35.5. The van der Waals surface area contributed by atoms with Crippen molar-refractivity contribution >= 4 is 23.2 Å². The van der Waals surface area contributed by atoms with Crippen LogP contribution >= 0.6 is 11.6 Å². The highest BCUT2D eigenvalue weighted by Gasteiger charge is 2.14. The molecular weight excluding hydrogens is 256 g/mol. The van der Waals surface area contributed by atoms with Gasteiger partial charge in [0.1, 0.15) is 5.02 Å². The van der Waals surface area contributed by atoms with Crippen LogP contribution in [0.5, 0.6) is 0 Å². The first-order valence-electron chi connectivity index (χ1n) is 5.64. The Morgan fingerprint density at radius 2 is 2.17 bits per heavy atom. The second-order valence-electron chi connectivity index (χ2n) is 4.36. The van der Waals surface area contributed by atoms with E-state index in [1.165, 1.54) is 18.2 Å². The van der Waals surface area contributed by atoms with Gasteiger partial charge >= 0.3 is 0 Å². The lowest BCUT2D eigenvalue weighted by Gasteiger charge is -2.07. The number of hydrogen-bond acceptors (Lipinski definition) is 3. The number of hydrogen-bond donors (Lipinski definition) is 1. The molecule has 0 heterocycles. The zero-order valence-corrected chi connectivity index (χ0v) is 11.0. The summed E-state index contributed by atoms with van der Waals surface area (Å²) < 4.78 is 0. The van der Waals surface area contributed by atoms with Crippen molar-refractivity contribution < 1.29 is 9.72 Å². The summed E-state index contributed by atoms with van der Waals surface area (Å²) in [7, 11) is 0. The van der Waals surface area contributed by atoms with Crippen molar-refractivity contribution in [1.82, 2.24) is 5.32 Å². The van der Waals surface area contributed by atoms with E-state index >= 15 is 0 Å². The largest absolute Gasteiger partial charge is 0.352 e. The van der Waals surface area contributed by atoms with Crippen LogP contribution in [0.4, 0.5) is 5.69 Å². The number of nitro groups is 1. The first-order chi connectivity index (χ1) is 8.41. The fraction of sp³-hybridized carbons (Fsp3) is 0.417. The standard InChI is InChI=1S/C12H15ClN2O3/c1-8(2)5-6-14-12(16)9-3-4-11(15(17)18)10(13)7-9/h3-4,7-8H,5-6H2,1-2H3,(H,14,16). The maximum atomic E-state index is 11.7. The number of carbonyl (C=O) groups excluding carboxylic acids is 1. The molecule has 1 rings (SSSR count). The minimum atomic E-state index is -0.581. The first kappa shape index (κ1) is 14.4. The van der Waals surface area contributed by atoms with Crippen molar-refractivity contribution in [3.63, 3.8) is 0 Å². The predicted molar refractivity (Wildman–Crippen MR) is 69.9 cm³/mol. The van der Waals surface area contributed by atoms with E-state index < -0.39 is 4.92 Å². The van der Waals surface area contributed by atoms with Gasteiger partial charge in [0, 0.05) is 18.2 Å². The fourth-order valence-electron chi connectivity index (χ4n) is 1.37. The maximum Gasteiger partial charge on any atom is 0.287 e. The summed E-state index contributed by atoms with van der Waals surface area (Å²) in [4.78, 5) is 21.7. The molecule has 0 radical (unpaired) electrons. The second-order valence-corrected chi connectivity index (χ2v) is 4.77. The van der Waals surface area contributed by atoms with E-state index in [9.17, 15) is 14.9 Å². The van der Waals surface area contributed by atoms with Gasteiger partial charge in [-0.3, -0.25) is 14.9 Å². The predicted octanol–water partition coefficient (Wildman–Crippen LogP) is 3.02. The third-order valence-corrected chi connectivity index (χ3v) is 2.72. The van der Waals surface area contributed by atoms with Gasteiger partial charge in [0.05, 0.1) is 4.92 Å². The van der Waals surface area contributed by atoms with Crippen LogP contribution in [0.2, 0.25) is 5.02 Å². The van der Waals surface area contributed by atoms with E-state index in [1.807, 2.05) is 0 Å². The van der Waals surface area contributed by atoms with Gasteiger partial charge < -0.3 is 5.32 Å². The monoisotopic (exact) mass is 270 g/mol. The molecule has 0 aliphatic heterocycles. The molecule has 0 saturated carbocycles. The molecule has 1 N–H and O–H groups in total. The van der Waals surface area contributed by atoms with E-state index in [4.69, 9.17) is 11.6 Å². The Kier molecular flexibility index (Phi) is 5.09. The average molecular weight is 271 g/mol. The summed E-state index contributed by atoms with van der Waals surface area (Å²) in [6.07, 6.45) is 0.881. The van der Waals surface area contributed by atoms with Crippen LogP contribution < -0.4 is 5.32 Å². The summed E-state index contributed by atoms with van der Waals surface area (Å²) in [6.45, 7) is 4.70. The van der Waals surface area contributed by atoms with Crippen molar-refractivity contribution in [3.8, 4) is 0 Å². The molecule has 6 heteroatoms. The normalized spacial score (nSPS) is 10.4. The number of nitrogens with one attached hydrogen (secondary N) is 1. The van der Waals surface area contributed by atoms with Crippen LogP contribution in [-0.4, -0.2) is 17.4 Å². The number of halogens is 1. The van der Waals surface area contributed by atoms with E-state index in [2.05, 4.69) is 19.2 Å². The summed E-state index contributed by atoms with van der Waals surface area (Å²) in [5, 5.41) is 13.3. The van der Waals surface area contributed by atoms with Crippen LogP contribution in [0.25, 0.3) is 0 Å². The minimum Gasteiger partial charge on any atom is -0.352 e. The molecule has 98 valence electrons. The Bertz CT molecular complexity index is 461. The van der Waals surface area contributed by atoms with Crippen molar-refractivity contribution in [1.29, 1.82) is 0 Å². The molecular formula is C12H15ClN2O3. The van der Waals surface area contributed by atoms with E-state index in [1.54, 1.807) is 0 Å². The Labute approximate surface area is 110 Å². The Balaban J connectivity index is 2.70. The maximum absolute atomic E-state index is 11.7. The highest BCUT2D eigenvalue weighted by molar-refractivity contribution is 6.33. The fourth-order valence-corrected chi connectivity index (χ4v) is 1.62. The molecule has 5 nitrogen and oxygen atoms in total. The van der Waals surface area contributed by atoms with Gasteiger partial charge in [0.2, 0.25) is 0 Å². The molecule has 18 heavy (non-hydrogen) atoms. The molecule has 0 fully saturated rings.